The lowest BCUT2D eigenvalue weighted by Crippen LogP contribution is -2.01. The SMILES string of the molecule is Cn1ncc(-c2cc(CCN)on2)n1. The average molecular weight is 193 g/mol. The van der Waals surface area contributed by atoms with Gasteiger partial charge in [-0.3, -0.25) is 0 Å². The molecule has 0 aliphatic carbocycles. The monoisotopic (exact) mass is 193 g/mol. The Balaban J connectivity index is 2.24. The van der Waals surface area contributed by atoms with Gasteiger partial charge in [-0.2, -0.15) is 15.0 Å². The molecule has 6 heteroatoms. The second-order valence-corrected chi connectivity index (χ2v) is 2.94. The quantitative estimate of drug-likeness (QED) is 0.740. The van der Waals surface area contributed by atoms with Crippen molar-refractivity contribution in [2.45, 2.75) is 6.42 Å². The van der Waals surface area contributed by atoms with Crippen LogP contribution in [-0.4, -0.2) is 26.7 Å². The third-order valence-electron chi connectivity index (χ3n) is 1.81. The van der Waals surface area contributed by atoms with Crippen LogP contribution in [0.15, 0.2) is 16.8 Å². The van der Waals surface area contributed by atoms with Gasteiger partial charge in [0.1, 0.15) is 17.1 Å². The van der Waals surface area contributed by atoms with E-state index in [4.69, 9.17) is 10.3 Å². The second-order valence-electron chi connectivity index (χ2n) is 2.94. The van der Waals surface area contributed by atoms with Crippen molar-refractivity contribution in [2.24, 2.45) is 12.8 Å². The third kappa shape index (κ3) is 1.64. The molecule has 2 heterocycles. The van der Waals surface area contributed by atoms with Gasteiger partial charge in [-0.05, 0) is 6.54 Å². The van der Waals surface area contributed by atoms with E-state index < -0.39 is 0 Å². The van der Waals surface area contributed by atoms with E-state index in [2.05, 4.69) is 15.4 Å². The van der Waals surface area contributed by atoms with E-state index in [1.54, 1.807) is 13.2 Å². The van der Waals surface area contributed by atoms with Crippen LogP contribution in [0.3, 0.4) is 0 Å². The summed E-state index contributed by atoms with van der Waals surface area (Å²) < 4.78 is 5.06. The van der Waals surface area contributed by atoms with Crippen LogP contribution in [0, 0.1) is 0 Å². The van der Waals surface area contributed by atoms with Gasteiger partial charge >= 0.3 is 0 Å². The fourth-order valence-electron chi connectivity index (χ4n) is 1.16. The Labute approximate surface area is 80.7 Å². The van der Waals surface area contributed by atoms with Gasteiger partial charge < -0.3 is 10.3 Å². The van der Waals surface area contributed by atoms with Crippen molar-refractivity contribution in [2.75, 3.05) is 6.54 Å². The predicted molar refractivity (Wildman–Crippen MR) is 49.3 cm³/mol. The van der Waals surface area contributed by atoms with Gasteiger partial charge in [0.25, 0.3) is 0 Å². The molecule has 0 atom stereocenters. The van der Waals surface area contributed by atoms with E-state index >= 15 is 0 Å². The highest BCUT2D eigenvalue weighted by molar-refractivity contribution is 5.51. The molecule has 0 amide bonds. The first-order valence-corrected chi connectivity index (χ1v) is 4.32. The molecule has 2 N–H and O–H groups in total. The van der Waals surface area contributed by atoms with Crippen molar-refractivity contribution in [3.63, 3.8) is 0 Å². The van der Waals surface area contributed by atoms with E-state index in [-0.39, 0.29) is 0 Å². The fraction of sp³-hybridized carbons (Fsp3) is 0.375. The second kappa shape index (κ2) is 3.59. The molecule has 0 unspecified atom stereocenters. The highest BCUT2D eigenvalue weighted by Gasteiger charge is 2.08. The zero-order valence-corrected chi connectivity index (χ0v) is 7.84. The lowest BCUT2D eigenvalue weighted by atomic mass is 10.2. The van der Waals surface area contributed by atoms with Gasteiger partial charge in [0, 0.05) is 19.5 Å². The predicted octanol–water partition coefficient (Wildman–Crippen LogP) is -0.0287. The van der Waals surface area contributed by atoms with Crippen LogP contribution in [0.2, 0.25) is 0 Å². The van der Waals surface area contributed by atoms with Crippen LogP contribution in [0.25, 0.3) is 11.4 Å². The summed E-state index contributed by atoms with van der Waals surface area (Å²) in [5, 5.41) is 11.9. The molecule has 74 valence electrons. The maximum Gasteiger partial charge on any atom is 0.138 e. The van der Waals surface area contributed by atoms with Crippen molar-refractivity contribution in [3.05, 3.63) is 18.0 Å². The summed E-state index contributed by atoms with van der Waals surface area (Å²) in [6, 6.07) is 1.83. The van der Waals surface area contributed by atoms with Gasteiger partial charge in [-0.25, -0.2) is 0 Å². The van der Waals surface area contributed by atoms with Gasteiger partial charge in [0.15, 0.2) is 0 Å². The molecule has 0 saturated carbocycles. The molecule has 14 heavy (non-hydrogen) atoms. The molecule has 0 aromatic carbocycles. The molecule has 0 bridgehead atoms. The topological polar surface area (TPSA) is 82.8 Å². The zero-order valence-electron chi connectivity index (χ0n) is 7.84. The molecule has 0 fully saturated rings. The molecule has 0 radical (unpaired) electrons. The molecular formula is C8H11N5O. The van der Waals surface area contributed by atoms with E-state index in [9.17, 15) is 0 Å². The summed E-state index contributed by atoms with van der Waals surface area (Å²) in [6.45, 7) is 0.551. The fourth-order valence-corrected chi connectivity index (χ4v) is 1.16. The van der Waals surface area contributed by atoms with Crippen LogP contribution < -0.4 is 5.73 Å². The number of hydrogen-bond donors (Lipinski definition) is 1. The molecule has 6 nitrogen and oxygen atoms in total. The standard InChI is InChI=1S/C8H11N5O/c1-13-10-5-8(11-13)7-4-6(2-3-9)14-12-7/h4-5H,2-3,9H2,1H3. The number of rotatable bonds is 3. The van der Waals surface area contributed by atoms with Gasteiger partial charge in [-0.15, -0.1) is 0 Å². The highest BCUT2D eigenvalue weighted by Crippen LogP contribution is 2.15. The first-order valence-electron chi connectivity index (χ1n) is 4.32. The van der Waals surface area contributed by atoms with E-state index in [0.29, 0.717) is 24.4 Å². The van der Waals surface area contributed by atoms with Crippen LogP contribution in [-0.2, 0) is 13.5 Å². The Bertz CT molecular complexity index is 419. The Hall–Kier alpha value is -1.69. The van der Waals surface area contributed by atoms with Crippen molar-refractivity contribution in [1.82, 2.24) is 20.2 Å². The summed E-state index contributed by atoms with van der Waals surface area (Å²) in [5.41, 5.74) is 6.80. The maximum atomic E-state index is 5.39. The van der Waals surface area contributed by atoms with E-state index in [0.717, 1.165) is 5.76 Å². The summed E-state index contributed by atoms with van der Waals surface area (Å²) in [4.78, 5) is 1.48. The van der Waals surface area contributed by atoms with Crippen molar-refractivity contribution in [3.8, 4) is 11.4 Å². The number of hydrogen-bond acceptors (Lipinski definition) is 5. The van der Waals surface area contributed by atoms with Crippen LogP contribution in [0.1, 0.15) is 5.76 Å². The van der Waals surface area contributed by atoms with Gasteiger partial charge in [-0.1, -0.05) is 5.16 Å². The molecule has 2 rings (SSSR count). The minimum Gasteiger partial charge on any atom is -0.361 e. The summed E-state index contributed by atoms with van der Waals surface area (Å²) in [5.74, 6) is 0.771. The molecule has 0 aliphatic heterocycles. The molecular weight excluding hydrogens is 182 g/mol. The molecule has 0 saturated heterocycles. The van der Waals surface area contributed by atoms with E-state index in [1.165, 1.54) is 4.80 Å². The van der Waals surface area contributed by atoms with E-state index in [1.807, 2.05) is 6.07 Å². The van der Waals surface area contributed by atoms with Crippen molar-refractivity contribution < 1.29 is 4.52 Å². The summed E-state index contributed by atoms with van der Waals surface area (Å²) >= 11 is 0. The number of nitrogens with two attached hydrogens (primary N) is 1. The smallest absolute Gasteiger partial charge is 0.138 e. The summed E-state index contributed by atoms with van der Waals surface area (Å²) in [7, 11) is 1.75. The van der Waals surface area contributed by atoms with Crippen molar-refractivity contribution in [1.29, 1.82) is 0 Å². The number of aryl methyl sites for hydroxylation is 1. The number of nitrogens with zero attached hydrogens (tertiary/aromatic N) is 4. The minimum atomic E-state index is 0.551. The highest BCUT2D eigenvalue weighted by atomic mass is 16.5. The molecule has 2 aromatic rings. The number of aromatic nitrogens is 4. The first kappa shape index (κ1) is 8.89. The zero-order chi connectivity index (χ0) is 9.97. The third-order valence-corrected chi connectivity index (χ3v) is 1.81. The van der Waals surface area contributed by atoms with Crippen LogP contribution >= 0.6 is 0 Å². The largest absolute Gasteiger partial charge is 0.361 e. The average Bonchev–Trinajstić information content (AvgIpc) is 2.74. The normalized spacial score (nSPS) is 10.7. The Morgan fingerprint density at radius 2 is 2.36 bits per heavy atom. The molecule has 2 aromatic heterocycles. The van der Waals surface area contributed by atoms with Crippen LogP contribution in [0.4, 0.5) is 0 Å². The maximum absolute atomic E-state index is 5.39. The Morgan fingerprint density at radius 1 is 1.50 bits per heavy atom. The molecule has 0 aliphatic rings. The van der Waals surface area contributed by atoms with Crippen molar-refractivity contribution >= 4 is 0 Å². The lowest BCUT2D eigenvalue weighted by Gasteiger charge is -1.85. The molecule has 0 spiro atoms. The Morgan fingerprint density at radius 3 is 3.00 bits per heavy atom. The van der Waals surface area contributed by atoms with Gasteiger partial charge in [0.2, 0.25) is 0 Å². The van der Waals surface area contributed by atoms with Gasteiger partial charge in [0.05, 0.1) is 6.20 Å². The Kier molecular flexibility index (Phi) is 2.28. The first-order chi connectivity index (χ1) is 6.79. The minimum absolute atomic E-state index is 0.551. The lowest BCUT2D eigenvalue weighted by molar-refractivity contribution is 0.386. The van der Waals surface area contributed by atoms with Crippen LogP contribution in [0.5, 0.6) is 0 Å². The summed E-state index contributed by atoms with van der Waals surface area (Å²) in [6.07, 6.45) is 2.33.